The number of anilines is 1. The number of thioether (sulfide) groups is 1. The van der Waals surface area contributed by atoms with Gasteiger partial charge in [0.2, 0.25) is 5.91 Å². The summed E-state index contributed by atoms with van der Waals surface area (Å²) in [6.07, 6.45) is 12.2. The number of benzene rings is 2. The van der Waals surface area contributed by atoms with E-state index in [1.54, 1.807) is 61.7 Å². The monoisotopic (exact) mass is 593 g/mol. The van der Waals surface area contributed by atoms with Crippen LogP contribution < -0.4 is 10.6 Å². The van der Waals surface area contributed by atoms with Gasteiger partial charge in [-0.25, -0.2) is 4.79 Å². The fraction of sp³-hybridized carbons (Fsp3) is 0.500. The number of ether oxygens (including phenoxy) is 1. The molecule has 3 amide bonds. The molecular weight excluding hydrogens is 546 g/mol. The van der Waals surface area contributed by atoms with Crippen molar-refractivity contribution in [3.63, 3.8) is 0 Å². The van der Waals surface area contributed by atoms with E-state index in [0.717, 1.165) is 37.7 Å². The van der Waals surface area contributed by atoms with Crippen LogP contribution in [-0.2, 0) is 14.3 Å². The van der Waals surface area contributed by atoms with Crippen LogP contribution in [0.5, 0.6) is 0 Å². The van der Waals surface area contributed by atoms with Crippen LogP contribution in [0.15, 0.2) is 48.5 Å². The summed E-state index contributed by atoms with van der Waals surface area (Å²) >= 11 is 1.58. The maximum Gasteiger partial charge on any atom is 0.408 e. The van der Waals surface area contributed by atoms with E-state index in [2.05, 4.69) is 23.5 Å². The van der Waals surface area contributed by atoms with E-state index in [1.807, 2.05) is 37.4 Å². The Bertz CT molecular complexity index is 1200. The second kappa shape index (κ2) is 17.5. The summed E-state index contributed by atoms with van der Waals surface area (Å²) < 4.78 is 5.49. The zero-order valence-electron chi connectivity index (χ0n) is 26.0. The molecule has 0 heterocycles. The van der Waals surface area contributed by atoms with Crippen molar-refractivity contribution < 1.29 is 19.1 Å². The number of hydrogen-bond donors (Lipinski definition) is 2. The standard InChI is InChI=1S/C34H47N3O4S/c1-8-10-11-12-15-23-37(32(39)29(22-24-42-7)36-33(40)41-34(4,5)6)30(27-20-18-26(9-2)19-21-27)31(38)35-28-17-14-13-16-25(28)3/h2,13-14,16-21,29-30H,8,10-12,15,22-24H2,1,3-7H3,(H,35,38)(H,36,40). The lowest BCUT2D eigenvalue weighted by Gasteiger charge is -2.35. The van der Waals surface area contributed by atoms with Crippen molar-refractivity contribution >= 4 is 35.4 Å². The molecule has 42 heavy (non-hydrogen) atoms. The molecule has 0 fully saturated rings. The minimum absolute atomic E-state index is 0.323. The smallest absolute Gasteiger partial charge is 0.408 e. The highest BCUT2D eigenvalue weighted by molar-refractivity contribution is 7.98. The molecule has 0 saturated heterocycles. The minimum atomic E-state index is -0.938. The molecule has 0 radical (unpaired) electrons. The van der Waals surface area contributed by atoms with Gasteiger partial charge in [-0.1, -0.05) is 68.9 Å². The quantitative estimate of drug-likeness (QED) is 0.170. The van der Waals surface area contributed by atoms with Gasteiger partial charge < -0.3 is 20.3 Å². The number of aryl methyl sites for hydroxylation is 1. The summed E-state index contributed by atoms with van der Waals surface area (Å²) in [4.78, 5) is 42.9. The van der Waals surface area contributed by atoms with Gasteiger partial charge in [0.25, 0.3) is 5.91 Å². The molecule has 2 aromatic carbocycles. The number of carbonyl (C=O) groups excluding carboxylic acids is 3. The highest BCUT2D eigenvalue weighted by Gasteiger charge is 2.36. The van der Waals surface area contributed by atoms with Crippen molar-refractivity contribution in [1.29, 1.82) is 0 Å². The Morgan fingerprint density at radius 3 is 2.29 bits per heavy atom. The third-order valence-corrected chi connectivity index (χ3v) is 7.39. The maximum absolute atomic E-state index is 14.4. The Hall–Kier alpha value is -3.44. The molecule has 2 unspecified atom stereocenters. The van der Waals surface area contributed by atoms with Crippen molar-refractivity contribution in [3.8, 4) is 12.3 Å². The Labute approximate surface area is 256 Å². The summed E-state index contributed by atoms with van der Waals surface area (Å²) in [6.45, 7) is 9.77. The lowest BCUT2D eigenvalue weighted by Crippen LogP contribution is -2.52. The molecule has 0 aliphatic heterocycles. The number of alkyl carbamates (subject to hydrolysis) is 1. The maximum atomic E-state index is 14.4. The van der Waals surface area contributed by atoms with Gasteiger partial charge in [0, 0.05) is 17.8 Å². The highest BCUT2D eigenvalue weighted by atomic mass is 32.2. The highest BCUT2D eigenvalue weighted by Crippen LogP contribution is 2.27. The molecule has 0 aromatic heterocycles. The first-order valence-electron chi connectivity index (χ1n) is 14.7. The van der Waals surface area contributed by atoms with Gasteiger partial charge in [0.15, 0.2) is 0 Å². The molecule has 2 rings (SSSR count). The number of unbranched alkanes of at least 4 members (excludes halogenated alkanes) is 4. The number of carbonyl (C=O) groups is 3. The first kappa shape index (κ1) is 34.8. The van der Waals surface area contributed by atoms with Crippen molar-refractivity contribution in [2.45, 2.75) is 90.8 Å². The van der Waals surface area contributed by atoms with E-state index in [4.69, 9.17) is 11.2 Å². The molecule has 0 bridgehead atoms. The number of nitrogens with zero attached hydrogens (tertiary/aromatic N) is 1. The molecule has 0 spiro atoms. The van der Waals surface area contributed by atoms with Gasteiger partial charge in [0.1, 0.15) is 17.7 Å². The Morgan fingerprint density at radius 2 is 1.69 bits per heavy atom. The Balaban J connectivity index is 2.54. The van der Waals surface area contributed by atoms with E-state index >= 15 is 0 Å². The van der Waals surface area contributed by atoms with E-state index < -0.39 is 23.8 Å². The van der Waals surface area contributed by atoms with Gasteiger partial charge in [-0.2, -0.15) is 11.8 Å². The van der Waals surface area contributed by atoms with Crippen molar-refractivity contribution in [1.82, 2.24) is 10.2 Å². The van der Waals surface area contributed by atoms with E-state index in [9.17, 15) is 14.4 Å². The van der Waals surface area contributed by atoms with Crippen LogP contribution in [0.25, 0.3) is 0 Å². The number of para-hydroxylation sites is 1. The number of hydrogen-bond acceptors (Lipinski definition) is 5. The number of terminal acetylenes is 1. The summed E-state index contributed by atoms with van der Waals surface area (Å²) in [5.41, 5.74) is 2.19. The van der Waals surface area contributed by atoms with Crippen LogP contribution in [0, 0.1) is 19.3 Å². The largest absolute Gasteiger partial charge is 0.444 e. The predicted octanol–water partition coefficient (Wildman–Crippen LogP) is 7.10. The van der Waals surface area contributed by atoms with E-state index in [1.165, 1.54) is 0 Å². The molecule has 0 aliphatic rings. The third kappa shape index (κ3) is 11.4. The second-order valence-corrected chi connectivity index (χ2v) is 12.4. The van der Waals surface area contributed by atoms with Crippen LogP contribution in [0.1, 0.15) is 89.0 Å². The van der Waals surface area contributed by atoms with Crippen LogP contribution in [0.3, 0.4) is 0 Å². The predicted molar refractivity (Wildman–Crippen MR) is 174 cm³/mol. The zero-order valence-corrected chi connectivity index (χ0v) is 26.8. The van der Waals surface area contributed by atoms with Gasteiger partial charge in [-0.05, 0) is 81.9 Å². The third-order valence-electron chi connectivity index (χ3n) is 6.74. The Morgan fingerprint density at radius 1 is 1.02 bits per heavy atom. The molecule has 0 saturated carbocycles. The fourth-order valence-corrected chi connectivity index (χ4v) is 5.02. The molecule has 8 heteroatoms. The number of amides is 3. The molecule has 0 aliphatic carbocycles. The normalized spacial score (nSPS) is 12.5. The van der Waals surface area contributed by atoms with Crippen molar-refractivity contribution in [2.24, 2.45) is 0 Å². The number of nitrogens with one attached hydrogen (secondary N) is 2. The molecule has 2 N–H and O–H groups in total. The van der Waals surface area contributed by atoms with E-state index in [-0.39, 0.29) is 11.8 Å². The van der Waals surface area contributed by atoms with E-state index in [0.29, 0.717) is 35.5 Å². The summed E-state index contributed by atoms with van der Waals surface area (Å²) in [6, 6.07) is 12.9. The first-order chi connectivity index (χ1) is 20.0. The molecule has 228 valence electrons. The van der Waals surface area contributed by atoms with Crippen LogP contribution in [0.4, 0.5) is 10.5 Å². The van der Waals surface area contributed by atoms with Gasteiger partial charge >= 0.3 is 6.09 Å². The van der Waals surface area contributed by atoms with Crippen molar-refractivity contribution in [2.75, 3.05) is 23.9 Å². The van der Waals surface area contributed by atoms with Crippen LogP contribution >= 0.6 is 11.8 Å². The molecule has 2 atom stereocenters. The zero-order chi connectivity index (χ0) is 31.1. The summed E-state index contributed by atoms with van der Waals surface area (Å²) in [7, 11) is 0. The van der Waals surface area contributed by atoms with Crippen LogP contribution in [0.2, 0.25) is 0 Å². The SMILES string of the molecule is C#Cc1ccc(C(C(=O)Nc2ccccc2C)N(CCCCCCC)C(=O)C(CCSC)NC(=O)OC(C)(C)C)cc1. The first-order valence-corrected chi connectivity index (χ1v) is 16.1. The van der Waals surface area contributed by atoms with Gasteiger partial charge in [-0.3, -0.25) is 9.59 Å². The summed E-state index contributed by atoms with van der Waals surface area (Å²) in [5, 5.41) is 5.85. The van der Waals surface area contributed by atoms with Crippen molar-refractivity contribution in [3.05, 3.63) is 65.2 Å². The lowest BCUT2D eigenvalue weighted by atomic mass is 10.00. The van der Waals surface area contributed by atoms with Crippen LogP contribution in [-0.4, -0.2) is 53.0 Å². The van der Waals surface area contributed by atoms with Gasteiger partial charge in [-0.15, -0.1) is 6.42 Å². The number of rotatable bonds is 15. The molecular formula is C34H47N3O4S. The average Bonchev–Trinajstić information content (AvgIpc) is 2.94. The van der Waals surface area contributed by atoms with Gasteiger partial charge in [0.05, 0.1) is 0 Å². The lowest BCUT2D eigenvalue weighted by molar-refractivity contribution is -0.141. The molecule has 2 aromatic rings. The molecule has 7 nitrogen and oxygen atoms in total. The topological polar surface area (TPSA) is 87.7 Å². The minimum Gasteiger partial charge on any atom is -0.444 e. The summed E-state index contributed by atoms with van der Waals surface area (Å²) in [5.74, 6) is 2.60. The second-order valence-electron chi connectivity index (χ2n) is 11.4. The Kier molecular flexibility index (Phi) is 14.5. The average molecular weight is 594 g/mol. The fourth-order valence-electron chi connectivity index (χ4n) is 4.54.